The number of rotatable bonds is 1. The lowest BCUT2D eigenvalue weighted by Gasteiger charge is -2.57. The second-order valence-electron chi connectivity index (χ2n) is 8.96. The lowest BCUT2D eigenvalue weighted by molar-refractivity contribution is -0.135. The molecular weight excluding hydrogens is 319 g/mol. The van der Waals surface area contributed by atoms with E-state index < -0.39 is 11.6 Å². The van der Waals surface area contributed by atoms with E-state index in [1.54, 1.807) is 7.11 Å². The predicted octanol–water partition coefficient (Wildman–Crippen LogP) is 4.18. The maximum Gasteiger partial charge on any atom is 0.197 e. The zero-order valence-electron chi connectivity index (χ0n) is 15.4. The number of carbonyl (C=O) groups excluding carboxylic acids is 2. The van der Waals surface area contributed by atoms with Crippen LogP contribution in [0, 0.1) is 28.6 Å². The molecule has 1 unspecified atom stereocenters. The van der Waals surface area contributed by atoms with Gasteiger partial charge in [-0.2, -0.15) is 0 Å². The zero-order chi connectivity index (χ0) is 18.1. The summed E-state index contributed by atoms with van der Waals surface area (Å²) in [7, 11) is 1.56. The summed E-state index contributed by atoms with van der Waals surface area (Å²) in [5, 5.41) is 0. The van der Waals surface area contributed by atoms with Gasteiger partial charge < -0.3 is 4.74 Å². The Morgan fingerprint density at radius 3 is 2.56 bits per heavy atom. The molecule has 0 aliphatic heterocycles. The van der Waals surface area contributed by atoms with Crippen LogP contribution in [-0.4, -0.2) is 24.8 Å². The molecule has 4 aliphatic carbocycles. The van der Waals surface area contributed by atoms with Crippen molar-refractivity contribution in [1.29, 1.82) is 0 Å². The monoisotopic (exact) mass is 346 g/mol. The first-order valence-corrected chi connectivity index (χ1v) is 9.42. The fourth-order valence-corrected chi connectivity index (χ4v) is 6.66. The standard InChI is InChI=1S/C21H27FO3/c1-11-9-12-13(5-7-21(3)14(12)10-15(22)19(21)24)20(2)8-6-16(23)18(25-4)17(11)20/h12-15H,1,5-10H2,2-4H3/t12-,13-,14+,15?,20-,21+/m1/s1. The molecule has 0 saturated heterocycles. The quantitative estimate of drug-likeness (QED) is 0.715. The maximum absolute atomic E-state index is 14.3. The van der Waals surface area contributed by atoms with Crippen molar-refractivity contribution in [1.82, 2.24) is 0 Å². The number of alkyl halides is 1. The summed E-state index contributed by atoms with van der Waals surface area (Å²) in [4.78, 5) is 24.8. The Hall–Kier alpha value is -1.45. The topological polar surface area (TPSA) is 43.4 Å². The van der Waals surface area contributed by atoms with E-state index in [-0.39, 0.29) is 28.8 Å². The van der Waals surface area contributed by atoms with Crippen molar-refractivity contribution in [3.05, 3.63) is 23.5 Å². The first-order valence-electron chi connectivity index (χ1n) is 9.42. The van der Waals surface area contributed by atoms with Gasteiger partial charge in [0.05, 0.1) is 7.11 Å². The normalized spacial score (nSPS) is 46.6. The summed E-state index contributed by atoms with van der Waals surface area (Å²) in [6, 6.07) is 0. The van der Waals surface area contributed by atoms with Crippen LogP contribution in [0.3, 0.4) is 0 Å². The summed E-state index contributed by atoms with van der Waals surface area (Å²) in [6.45, 7) is 8.47. The van der Waals surface area contributed by atoms with Gasteiger partial charge in [-0.1, -0.05) is 20.4 Å². The first kappa shape index (κ1) is 17.0. The third-order valence-corrected chi connectivity index (χ3v) is 7.92. The highest BCUT2D eigenvalue weighted by Gasteiger charge is 2.62. The molecule has 3 nitrogen and oxygen atoms in total. The van der Waals surface area contributed by atoms with Crippen molar-refractivity contribution in [3.63, 3.8) is 0 Å². The summed E-state index contributed by atoms with van der Waals surface area (Å²) < 4.78 is 19.8. The number of methoxy groups -OCH3 is 1. The summed E-state index contributed by atoms with van der Waals surface area (Å²) in [6.07, 6.45) is 2.74. The van der Waals surface area contributed by atoms with Crippen LogP contribution in [0.15, 0.2) is 23.5 Å². The Balaban J connectivity index is 1.79. The van der Waals surface area contributed by atoms with Crippen molar-refractivity contribution >= 4 is 11.6 Å². The van der Waals surface area contributed by atoms with Crippen molar-refractivity contribution < 1.29 is 18.7 Å². The van der Waals surface area contributed by atoms with E-state index in [0.29, 0.717) is 24.5 Å². The molecule has 136 valence electrons. The van der Waals surface area contributed by atoms with Gasteiger partial charge in [-0.25, -0.2) is 4.39 Å². The molecule has 6 atom stereocenters. The van der Waals surface area contributed by atoms with Crippen LogP contribution in [0.4, 0.5) is 4.39 Å². The van der Waals surface area contributed by atoms with Gasteiger partial charge >= 0.3 is 0 Å². The number of Topliss-reactive ketones (excluding diaryl/α,β-unsaturated/α-hetero) is 2. The number of ketones is 2. The molecule has 0 radical (unpaired) electrons. The maximum atomic E-state index is 14.3. The van der Waals surface area contributed by atoms with Gasteiger partial charge in [-0.3, -0.25) is 9.59 Å². The summed E-state index contributed by atoms with van der Waals surface area (Å²) in [5.41, 5.74) is 1.27. The molecule has 0 bridgehead atoms. The van der Waals surface area contributed by atoms with E-state index in [1.165, 1.54) is 0 Å². The smallest absolute Gasteiger partial charge is 0.197 e. The Bertz CT molecular complexity index is 708. The van der Waals surface area contributed by atoms with Crippen LogP contribution in [-0.2, 0) is 14.3 Å². The van der Waals surface area contributed by atoms with E-state index in [0.717, 1.165) is 36.8 Å². The summed E-state index contributed by atoms with van der Waals surface area (Å²) in [5.74, 6) is 1.09. The highest BCUT2D eigenvalue weighted by molar-refractivity contribution is 5.96. The predicted molar refractivity (Wildman–Crippen MR) is 92.5 cm³/mol. The summed E-state index contributed by atoms with van der Waals surface area (Å²) >= 11 is 0. The third-order valence-electron chi connectivity index (χ3n) is 7.92. The van der Waals surface area contributed by atoms with E-state index >= 15 is 0 Å². The minimum absolute atomic E-state index is 0.0649. The van der Waals surface area contributed by atoms with Crippen molar-refractivity contribution in [2.45, 2.75) is 58.5 Å². The second kappa shape index (κ2) is 5.28. The number of hydrogen-bond acceptors (Lipinski definition) is 3. The molecular formula is C21H27FO3. The van der Waals surface area contributed by atoms with Crippen LogP contribution in [0.25, 0.3) is 0 Å². The molecule has 0 N–H and O–H groups in total. The molecule has 0 aromatic carbocycles. The van der Waals surface area contributed by atoms with Crippen LogP contribution in [0.1, 0.15) is 52.4 Å². The van der Waals surface area contributed by atoms with Crippen LogP contribution in [0.5, 0.6) is 0 Å². The highest BCUT2D eigenvalue weighted by Crippen LogP contribution is 2.66. The van der Waals surface area contributed by atoms with Crippen molar-refractivity contribution in [3.8, 4) is 0 Å². The number of carbonyl (C=O) groups is 2. The Kier molecular flexibility index (Phi) is 3.59. The Labute approximate surface area is 148 Å². The van der Waals surface area contributed by atoms with E-state index in [9.17, 15) is 14.0 Å². The molecule has 0 aromatic heterocycles. The van der Waals surface area contributed by atoms with E-state index in [4.69, 9.17) is 4.74 Å². The fraction of sp³-hybridized carbons (Fsp3) is 0.714. The Morgan fingerprint density at radius 1 is 1.16 bits per heavy atom. The lowest BCUT2D eigenvalue weighted by atomic mass is 9.46. The fourth-order valence-electron chi connectivity index (χ4n) is 6.66. The number of hydrogen-bond donors (Lipinski definition) is 0. The van der Waals surface area contributed by atoms with Gasteiger partial charge in [0.2, 0.25) is 0 Å². The molecule has 4 heteroatoms. The minimum Gasteiger partial charge on any atom is -0.493 e. The van der Waals surface area contributed by atoms with Gasteiger partial charge in [-0.05, 0) is 55.4 Å². The van der Waals surface area contributed by atoms with Gasteiger partial charge in [0.15, 0.2) is 23.5 Å². The molecule has 0 aromatic rings. The molecule has 3 fully saturated rings. The molecule has 0 amide bonds. The van der Waals surface area contributed by atoms with E-state index in [1.807, 2.05) is 6.92 Å². The molecule has 3 saturated carbocycles. The molecule has 0 spiro atoms. The van der Waals surface area contributed by atoms with Gasteiger partial charge in [-0.15, -0.1) is 0 Å². The zero-order valence-corrected chi connectivity index (χ0v) is 15.4. The Morgan fingerprint density at radius 2 is 1.88 bits per heavy atom. The van der Waals surface area contributed by atoms with Crippen LogP contribution >= 0.6 is 0 Å². The average Bonchev–Trinajstić information content (AvgIpc) is 2.80. The van der Waals surface area contributed by atoms with Crippen molar-refractivity contribution in [2.75, 3.05) is 7.11 Å². The number of fused-ring (bicyclic) bond motifs is 5. The van der Waals surface area contributed by atoms with Crippen LogP contribution < -0.4 is 0 Å². The molecule has 25 heavy (non-hydrogen) atoms. The largest absolute Gasteiger partial charge is 0.493 e. The second-order valence-corrected chi connectivity index (χ2v) is 8.96. The van der Waals surface area contributed by atoms with Gasteiger partial charge in [0.25, 0.3) is 0 Å². The van der Waals surface area contributed by atoms with Gasteiger partial charge in [0, 0.05) is 22.8 Å². The minimum atomic E-state index is -1.31. The highest BCUT2D eigenvalue weighted by atomic mass is 19.1. The van der Waals surface area contributed by atoms with Crippen molar-refractivity contribution in [2.24, 2.45) is 28.6 Å². The average molecular weight is 346 g/mol. The van der Waals surface area contributed by atoms with E-state index in [2.05, 4.69) is 13.5 Å². The number of ether oxygens (including phenoxy) is 1. The SMILES string of the molecule is C=C1C[C@@H]2[C@@H](CC[C@]3(C)C(=O)C(F)C[C@@H]23)[C@@]2(C)CCC(=O)C(OC)=C12. The third kappa shape index (κ3) is 2.03. The molecule has 0 heterocycles. The first-order chi connectivity index (χ1) is 11.7. The molecule has 4 rings (SSSR count). The lowest BCUT2D eigenvalue weighted by Crippen LogP contribution is -2.51. The van der Waals surface area contributed by atoms with Gasteiger partial charge in [0.1, 0.15) is 0 Å². The number of halogens is 1. The molecule has 4 aliphatic rings. The number of allylic oxidation sites excluding steroid dienone is 2. The van der Waals surface area contributed by atoms with Crippen LogP contribution in [0.2, 0.25) is 0 Å².